The fourth-order valence-corrected chi connectivity index (χ4v) is 3.94. The number of sulfonamides is 1. The standard InChI is InChI=1S/C19H20N2O5S/c1-3-20(4-2)27(25,26)18-12-8-16(9-13-18)19(22)14-7-15-5-10-17(11-6-15)21(23)24/h5-14H,3-4H2,1-2H3/b14-7+. The molecule has 0 heterocycles. The molecule has 0 saturated heterocycles. The van der Waals surface area contributed by atoms with Crippen molar-refractivity contribution >= 4 is 27.6 Å². The fraction of sp³-hybridized carbons (Fsp3) is 0.211. The smallest absolute Gasteiger partial charge is 0.269 e. The summed E-state index contributed by atoms with van der Waals surface area (Å²) in [5.41, 5.74) is 0.977. The number of ketones is 1. The summed E-state index contributed by atoms with van der Waals surface area (Å²) in [5, 5.41) is 10.6. The molecule has 0 aliphatic rings. The number of hydrogen-bond acceptors (Lipinski definition) is 5. The van der Waals surface area contributed by atoms with E-state index in [1.54, 1.807) is 32.1 Å². The van der Waals surface area contributed by atoms with Crippen molar-refractivity contribution in [2.45, 2.75) is 18.7 Å². The second kappa shape index (κ2) is 8.70. The number of benzene rings is 2. The van der Waals surface area contributed by atoms with Gasteiger partial charge < -0.3 is 0 Å². The first-order valence-corrected chi connectivity index (χ1v) is 9.80. The minimum atomic E-state index is -3.56. The Bertz CT molecular complexity index is 945. The van der Waals surface area contributed by atoms with Gasteiger partial charge in [0.15, 0.2) is 5.78 Å². The summed E-state index contributed by atoms with van der Waals surface area (Å²) in [7, 11) is -3.56. The lowest BCUT2D eigenvalue weighted by molar-refractivity contribution is -0.384. The Morgan fingerprint density at radius 2 is 1.59 bits per heavy atom. The molecule has 0 radical (unpaired) electrons. The first-order chi connectivity index (χ1) is 12.8. The largest absolute Gasteiger partial charge is 0.289 e. The van der Waals surface area contributed by atoms with Crippen molar-refractivity contribution < 1.29 is 18.1 Å². The molecule has 0 atom stereocenters. The number of nitrogens with zero attached hydrogens (tertiary/aromatic N) is 2. The number of non-ortho nitro benzene ring substituents is 1. The van der Waals surface area contributed by atoms with Gasteiger partial charge in [0.1, 0.15) is 0 Å². The molecule has 0 aliphatic carbocycles. The Balaban J connectivity index is 2.14. The van der Waals surface area contributed by atoms with Crippen molar-refractivity contribution in [3.8, 4) is 0 Å². The monoisotopic (exact) mass is 388 g/mol. The van der Waals surface area contributed by atoms with Crippen LogP contribution in [0.5, 0.6) is 0 Å². The van der Waals surface area contributed by atoms with Crippen molar-refractivity contribution in [3.05, 3.63) is 75.8 Å². The van der Waals surface area contributed by atoms with Crippen LogP contribution in [0.1, 0.15) is 29.8 Å². The molecule has 0 N–H and O–H groups in total. The van der Waals surface area contributed by atoms with E-state index in [4.69, 9.17) is 0 Å². The number of rotatable bonds is 8. The second-order valence-electron chi connectivity index (χ2n) is 5.66. The van der Waals surface area contributed by atoms with Crippen LogP contribution in [0.15, 0.2) is 59.5 Å². The normalized spacial score (nSPS) is 11.8. The highest BCUT2D eigenvalue weighted by atomic mass is 32.2. The molecule has 2 rings (SSSR count). The predicted molar refractivity (Wildman–Crippen MR) is 103 cm³/mol. The molecule has 0 fully saturated rings. The Kier molecular flexibility index (Phi) is 6.59. The molecule has 0 saturated carbocycles. The van der Waals surface area contributed by atoms with E-state index in [0.29, 0.717) is 24.2 Å². The summed E-state index contributed by atoms with van der Waals surface area (Å²) in [4.78, 5) is 22.5. The molecule has 8 heteroatoms. The van der Waals surface area contributed by atoms with Crippen molar-refractivity contribution in [2.75, 3.05) is 13.1 Å². The van der Waals surface area contributed by atoms with Crippen molar-refractivity contribution in [2.24, 2.45) is 0 Å². The van der Waals surface area contributed by atoms with E-state index in [1.165, 1.54) is 46.8 Å². The molecular formula is C19H20N2O5S. The third kappa shape index (κ3) is 4.87. The summed E-state index contributed by atoms with van der Waals surface area (Å²) < 4.78 is 26.2. The van der Waals surface area contributed by atoms with Crippen LogP contribution in [0.2, 0.25) is 0 Å². The van der Waals surface area contributed by atoms with Gasteiger partial charge in [-0.05, 0) is 48.0 Å². The van der Waals surface area contributed by atoms with Crippen LogP contribution in [0, 0.1) is 10.1 Å². The van der Waals surface area contributed by atoms with Gasteiger partial charge in [-0.2, -0.15) is 4.31 Å². The van der Waals surface area contributed by atoms with Gasteiger partial charge in [0.2, 0.25) is 10.0 Å². The Hall–Kier alpha value is -2.84. The van der Waals surface area contributed by atoms with E-state index in [1.807, 2.05) is 0 Å². The number of carbonyl (C=O) groups is 1. The third-order valence-corrected chi connectivity index (χ3v) is 6.08. The van der Waals surface area contributed by atoms with E-state index in [2.05, 4.69) is 0 Å². The molecule has 7 nitrogen and oxygen atoms in total. The minimum Gasteiger partial charge on any atom is -0.289 e. The van der Waals surface area contributed by atoms with Gasteiger partial charge in [0.05, 0.1) is 9.82 Å². The lowest BCUT2D eigenvalue weighted by Crippen LogP contribution is -2.30. The molecule has 2 aromatic carbocycles. The van der Waals surface area contributed by atoms with E-state index in [-0.39, 0.29) is 16.4 Å². The number of allylic oxidation sites excluding steroid dienone is 1. The highest BCUT2D eigenvalue weighted by Crippen LogP contribution is 2.17. The highest BCUT2D eigenvalue weighted by molar-refractivity contribution is 7.89. The molecule has 0 spiro atoms. The Morgan fingerprint density at radius 3 is 2.07 bits per heavy atom. The Labute approximate surface area is 158 Å². The molecule has 27 heavy (non-hydrogen) atoms. The van der Waals surface area contributed by atoms with Crippen LogP contribution in [-0.2, 0) is 10.0 Å². The minimum absolute atomic E-state index is 0.0246. The first kappa shape index (κ1) is 20.5. The van der Waals surface area contributed by atoms with Gasteiger partial charge in [-0.3, -0.25) is 14.9 Å². The van der Waals surface area contributed by atoms with E-state index in [0.717, 1.165) is 0 Å². The average Bonchev–Trinajstić information content (AvgIpc) is 2.67. The van der Waals surface area contributed by atoms with Crippen molar-refractivity contribution in [3.63, 3.8) is 0 Å². The zero-order chi connectivity index (χ0) is 20.0. The molecule has 0 aromatic heterocycles. The van der Waals surface area contributed by atoms with Crippen molar-refractivity contribution in [1.82, 2.24) is 4.31 Å². The molecule has 0 aliphatic heterocycles. The molecular weight excluding hydrogens is 368 g/mol. The maximum Gasteiger partial charge on any atom is 0.269 e. The van der Waals surface area contributed by atoms with Crippen LogP contribution in [0.3, 0.4) is 0 Å². The van der Waals surface area contributed by atoms with Crippen molar-refractivity contribution in [1.29, 1.82) is 0 Å². The molecule has 142 valence electrons. The maximum absolute atomic E-state index is 12.4. The summed E-state index contributed by atoms with van der Waals surface area (Å²) in [5.74, 6) is -0.292. The van der Waals surface area contributed by atoms with Gasteiger partial charge in [0.25, 0.3) is 5.69 Å². The topological polar surface area (TPSA) is 97.6 Å². The van der Waals surface area contributed by atoms with Gasteiger partial charge in [-0.15, -0.1) is 0 Å². The zero-order valence-corrected chi connectivity index (χ0v) is 15.8. The third-order valence-electron chi connectivity index (χ3n) is 4.01. The summed E-state index contributed by atoms with van der Waals surface area (Å²) >= 11 is 0. The maximum atomic E-state index is 12.4. The number of nitro benzene ring substituents is 1. The average molecular weight is 388 g/mol. The number of carbonyl (C=O) groups excluding carboxylic acids is 1. The molecule has 0 bridgehead atoms. The predicted octanol–water partition coefficient (Wildman–Crippen LogP) is 3.52. The van der Waals surface area contributed by atoms with E-state index in [9.17, 15) is 23.3 Å². The van der Waals surface area contributed by atoms with Crippen LogP contribution in [-0.4, -0.2) is 36.5 Å². The lowest BCUT2D eigenvalue weighted by atomic mass is 10.1. The van der Waals surface area contributed by atoms with E-state index >= 15 is 0 Å². The van der Waals surface area contributed by atoms with Gasteiger partial charge in [0, 0.05) is 30.8 Å². The van der Waals surface area contributed by atoms with E-state index < -0.39 is 14.9 Å². The quantitative estimate of drug-likeness (QED) is 0.298. The Morgan fingerprint density at radius 1 is 1.04 bits per heavy atom. The number of hydrogen-bond donors (Lipinski definition) is 0. The molecule has 0 amide bonds. The SMILES string of the molecule is CCN(CC)S(=O)(=O)c1ccc(C(=O)/C=C/c2ccc([N+](=O)[O-])cc2)cc1. The van der Waals surface area contributed by atoms with Gasteiger partial charge in [-0.25, -0.2) is 8.42 Å². The molecule has 2 aromatic rings. The van der Waals surface area contributed by atoms with Gasteiger partial charge in [-0.1, -0.05) is 19.9 Å². The van der Waals surface area contributed by atoms with Crippen LogP contribution >= 0.6 is 0 Å². The van der Waals surface area contributed by atoms with Crippen LogP contribution < -0.4 is 0 Å². The molecule has 0 unspecified atom stereocenters. The zero-order valence-electron chi connectivity index (χ0n) is 15.0. The van der Waals surface area contributed by atoms with Crippen LogP contribution in [0.25, 0.3) is 6.08 Å². The number of nitro groups is 1. The summed E-state index contributed by atoms with van der Waals surface area (Å²) in [6.07, 6.45) is 2.89. The second-order valence-corrected chi connectivity index (χ2v) is 7.60. The van der Waals surface area contributed by atoms with Crippen LogP contribution in [0.4, 0.5) is 5.69 Å². The highest BCUT2D eigenvalue weighted by Gasteiger charge is 2.21. The lowest BCUT2D eigenvalue weighted by Gasteiger charge is -2.18. The van der Waals surface area contributed by atoms with Gasteiger partial charge >= 0.3 is 0 Å². The summed E-state index contributed by atoms with van der Waals surface area (Å²) in [6, 6.07) is 11.6. The fourth-order valence-electron chi connectivity index (χ4n) is 2.48. The summed E-state index contributed by atoms with van der Waals surface area (Å²) in [6.45, 7) is 4.28. The first-order valence-electron chi connectivity index (χ1n) is 8.36.